The molecule has 0 saturated carbocycles. The molecule has 0 amide bonds. The average Bonchev–Trinajstić information content (AvgIpc) is 2.88. The molecular formula is C35H36. The molecule has 0 bridgehead atoms. The Hall–Kier alpha value is -3.90. The molecule has 0 saturated heterocycles. The van der Waals surface area contributed by atoms with Crippen LogP contribution in [0.2, 0.25) is 0 Å². The highest BCUT2D eigenvalue weighted by Crippen LogP contribution is 2.32. The summed E-state index contributed by atoms with van der Waals surface area (Å²) in [6.45, 7) is 16.4. The summed E-state index contributed by atoms with van der Waals surface area (Å²) in [7, 11) is 0. The topological polar surface area (TPSA) is 0 Å². The first-order chi connectivity index (χ1) is 17.0. The second-order valence-corrected chi connectivity index (χ2v) is 8.65. The van der Waals surface area contributed by atoms with Crippen LogP contribution in [-0.4, -0.2) is 0 Å². The fourth-order valence-corrected chi connectivity index (χ4v) is 4.54. The Morgan fingerprint density at radius 3 is 2.31 bits per heavy atom. The molecule has 0 nitrogen and oxygen atoms in total. The lowest BCUT2D eigenvalue weighted by Gasteiger charge is -2.23. The minimum Gasteiger partial charge on any atom is -0.0991 e. The van der Waals surface area contributed by atoms with Gasteiger partial charge in [-0.1, -0.05) is 116 Å². The van der Waals surface area contributed by atoms with Crippen molar-refractivity contribution in [2.75, 3.05) is 0 Å². The maximum atomic E-state index is 4.00. The Balaban J connectivity index is 2.55. The van der Waals surface area contributed by atoms with Crippen LogP contribution in [0.25, 0.3) is 22.3 Å². The highest BCUT2D eigenvalue weighted by atomic mass is 14.2. The molecule has 176 valence electrons. The summed E-state index contributed by atoms with van der Waals surface area (Å²) in [4.78, 5) is 0. The van der Waals surface area contributed by atoms with Gasteiger partial charge in [-0.3, -0.25) is 0 Å². The van der Waals surface area contributed by atoms with E-state index in [9.17, 15) is 0 Å². The average molecular weight is 457 g/mol. The summed E-state index contributed by atoms with van der Waals surface area (Å²) >= 11 is 0. The predicted molar refractivity (Wildman–Crippen MR) is 156 cm³/mol. The predicted octanol–water partition coefficient (Wildman–Crippen LogP) is 8.25. The minimum atomic E-state index is 0.868. The first-order valence-electron chi connectivity index (χ1n) is 12.2. The summed E-state index contributed by atoms with van der Waals surface area (Å²) in [6.07, 6.45) is 23.7. The molecular weight excluding hydrogens is 420 g/mol. The fourth-order valence-electron chi connectivity index (χ4n) is 4.54. The van der Waals surface area contributed by atoms with E-state index in [1.165, 1.54) is 49.4 Å². The van der Waals surface area contributed by atoms with Gasteiger partial charge < -0.3 is 0 Å². The Kier molecular flexibility index (Phi) is 9.21. The van der Waals surface area contributed by atoms with Crippen LogP contribution >= 0.6 is 0 Å². The van der Waals surface area contributed by atoms with Crippen LogP contribution in [0.5, 0.6) is 0 Å². The number of fused-ring (bicyclic) bond motifs is 1. The molecule has 35 heavy (non-hydrogen) atoms. The lowest BCUT2D eigenvalue weighted by atomic mass is 9.81. The Morgan fingerprint density at radius 2 is 1.63 bits per heavy atom. The summed E-state index contributed by atoms with van der Waals surface area (Å²) in [6, 6.07) is 15.5. The van der Waals surface area contributed by atoms with E-state index in [0.717, 1.165) is 12.0 Å². The molecule has 0 radical (unpaired) electrons. The molecule has 0 heteroatoms. The Labute approximate surface area is 211 Å². The van der Waals surface area contributed by atoms with Gasteiger partial charge in [0.1, 0.15) is 0 Å². The first kappa shape index (κ1) is 25.7. The van der Waals surface area contributed by atoms with Crippen molar-refractivity contribution < 1.29 is 0 Å². The third kappa shape index (κ3) is 5.97. The summed E-state index contributed by atoms with van der Waals surface area (Å²) in [5, 5.41) is 2.54. The van der Waals surface area contributed by atoms with Crippen LogP contribution in [0, 0.1) is 6.92 Å². The second kappa shape index (κ2) is 12.5. The molecule has 0 spiro atoms. The van der Waals surface area contributed by atoms with Crippen LogP contribution in [0.1, 0.15) is 32.8 Å². The Bertz CT molecular complexity index is 1410. The molecule has 3 rings (SSSR count). The van der Waals surface area contributed by atoms with Crippen molar-refractivity contribution in [3.05, 3.63) is 155 Å². The smallest absolute Gasteiger partial charge is 0.00106 e. The van der Waals surface area contributed by atoms with Gasteiger partial charge in [-0.25, -0.2) is 0 Å². The molecule has 0 heterocycles. The monoisotopic (exact) mass is 456 g/mol. The van der Waals surface area contributed by atoms with E-state index in [1.807, 2.05) is 18.2 Å². The SMILES string of the molecule is C=C/C=C\C(=C/C=C)C1=c2cc(-c3ccccc3C)ccc2=C(/C(C)=C/C=C\C)C/C1=C\C=C/C. The normalized spacial score (nSPS) is 16.1. The van der Waals surface area contributed by atoms with Crippen LogP contribution in [0.3, 0.4) is 0 Å². The zero-order valence-corrected chi connectivity index (χ0v) is 21.5. The van der Waals surface area contributed by atoms with E-state index in [1.54, 1.807) is 0 Å². The van der Waals surface area contributed by atoms with Crippen molar-refractivity contribution in [2.45, 2.75) is 34.1 Å². The number of hydrogen-bond acceptors (Lipinski definition) is 0. The number of aryl methyl sites for hydroxylation is 1. The Morgan fingerprint density at radius 1 is 0.857 bits per heavy atom. The van der Waals surface area contributed by atoms with Gasteiger partial charge in [-0.05, 0) is 95.2 Å². The summed E-state index contributed by atoms with van der Waals surface area (Å²) in [5.41, 5.74) is 10.1. The van der Waals surface area contributed by atoms with Crippen LogP contribution in [0.4, 0.5) is 0 Å². The van der Waals surface area contributed by atoms with Gasteiger partial charge in [0.25, 0.3) is 0 Å². The van der Waals surface area contributed by atoms with Crippen molar-refractivity contribution in [1.82, 2.24) is 0 Å². The molecule has 0 atom stereocenters. The molecule has 0 N–H and O–H groups in total. The molecule has 0 unspecified atom stereocenters. The number of benzene rings is 2. The highest BCUT2D eigenvalue weighted by molar-refractivity contribution is 5.88. The van der Waals surface area contributed by atoms with Gasteiger partial charge in [0.05, 0.1) is 0 Å². The quantitative estimate of drug-likeness (QED) is 0.351. The van der Waals surface area contributed by atoms with Crippen molar-refractivity contribution in [2.24, 2.45) is 0 Å². The maximum Gasteiger partial charge on any atom is -0.00106 e. The standard InChI is InChI=1S/C35H36/c1-7-11-17-27(6)33-25-30(20-13-9-3)35(28(16-10-4)19-12-8-2)34-24-29(22-23-32(33)34)31-21-15-14-18-26(31)5/h7-24H,2,4,25H2,1,3,5-6H3/b11-7-,13-9-,19-12-,27-17+,28-16+,30-20+. The van der Waals surface area contributed by atoms with Gasteiger partial charge >= 0.3 is 0 Å². The largest absolute Gasteiger partial charge is 0.0991 e. The lowest BCUT2D eigenvalue weighted by Crippen LogP contribution is -2.34. The van der Waals surface area contributed by atoms with Gasteiger partial charge in [0.15, 0.2) is 0 Å². The summed E-state index contributed by atoms with van der Waals surface area (Å²) < 4.78 is 0. The zero-order chi connectivity index (χ0) is 25.2. The molecule has 1 aliphatic rings. The third-order valence-electron chi connectivity index (χ3n) is 6.26. The lowest BCUT2D eigenvalue weighted by molar-refractivity contribution is 1.21. The van der Waals surface area contributed by atoms with Crippen LogP contribution in [-0.2, 0) is 0 Å². The molecule has 0 aliphatic heterocycles. The van der Waals surface area contributed by atoms with Gasteiger partial charge in [-0.15, -0.1) is 0 Å². The third-order valence-corrected chi connectivity index (χ3v) is 6.26. The molecule has 2 aromatic rings. The van der Waals surface area contributed by atoms with E-state index < -0.39 is 0 Å². The maximum absolute atomic E-state index is 4.00. The number of allylic oxidation sites excluding steroid dienone is 14. The van der Waals surface area contributed by atoms with Crippen LogP contribution < -0.4 is 10.4 Å². The number of rotatable bonds is 8. The molecule has 1 aliphatic carbocycles. The van der Waals surface area contributed by atoms with Gasteiger partial charge in [0, 0.05) is 0 Å². The van der Waals surface area contributed by atoms with Gasteiger partial charge in [-0.2, -0.15) is 0 Å². The summed E-state index contributed by atoms with van der Waals surface area (Å²) in [5.74, 6) is 0. The van der Waals surface area contributed by atoms with Crippen molar-refractivity contribution in [3.8, 4) is 11.1 Å². The van der Waals surface area contributed by atoms with Crippen molar-refractivity contribution in [3.63, 3.8) is 0 Å². The second-order valence-electron chi connectivity index (χ2n) is 8.65. The highest BCUT2D eigenvalue weighted by Gasteiger charge is 2.19. The first-order valence-corrected chi connectivity index (χ1v) is 12.2. The van der Waals surface area contributed by atoms with E-state index in [4.69, 9.17) is 0 Å². The fraction of sp³-hybridized carbons (Fsp3) is 0.143. The van der Waals surface area contributed by atoms with E-state index in [-0.39, 0.29) is 0 Å². The molecule has 0 aromatic heterocycles. The van der Waals surface area contributed by atoms with Crippen molar-refractivity contribution >= 4 is 11.1 Å². The zero-order valence-electron chi connectivity index (χ0n) is 21.5. The van der Waals surface area contributed by atoms with Crippen molar-refractivity contribution in [1.29, 1.82) is 0 Å². The van der Waals surface area contributed by atoms with Gasteiger partial charge in [0.2, 0.25) is 0 Å². The molecule has 0 fully saturated rings. The minimum absolute atomic E-state index is 0.868. The van der Waals surface area contributed by atoms with E-state index in [0.29, 0.717) is 0 Å². The molecule has 2 aromatic carbocycles. The van der Waals surface area contributed by atoms with E-state index >= 15 is 0 Å². The van der Waals surface area contributed by atoms with E-state index in [2.05, 4.69) is 132 Å². The van der Waals surface area contributed by atoms with Crippen LogP contribution in [0.15, 0.2) is 139 Å². The number of hydrogen-bond donors (Lipinski definition) is 0.